The molecule has 1 fully saturated rings. The zero-order valence-corrected chi connectivity index (χ0v) is 12.7. The van der Waals surface area contributed by atoms with Crippen LogP contribution in [0.5, 0.6) is 0 Å². The highest BCUT2D eigenvalue weighted by Gasteiger charge is 2.30. The van der Waals surface area contributed by atoms with E-state index < -0.39 is 5.54 Å². The number of hydrogen-bond acceptors (Lipinski definition) is 3. The number of nitrogens with one attached hydrogen (secondary N) is 2. The van der Waals surface area contributed by atoms with Gasteiger partial charge >= 0.3 is 0 Å². The van der Waals surface area contributed by atoms with Gasteiger partial charge in [0.15, 0.2) is 0 Å². The summed E-state index contributed by atoms with van der Waals surface area (Å²) in [6.07, 6.45) is 2.28. The van der Waals surface area contributed by atoms with Crippen LogP contribution >= 0.6 is 15.9 Å². The Hall–Kier alpha value is -0.910. The van der Waals surface area contributed by atoms with Gasteiger partial charge in [-0.3, -0.25) is 4.79 Å². The van der Waals surface area contributed by atoms with Gasteiger partial charge < -0.3 is 16.4 Å². The fraction of sp³-hybridized carbons (Fsp3) is 0.500. The molecule has 0 saturated carbocycles. The summed E-state index contributed by atoms with van der Waals surface area (Å²) in [5.74, 6) is -0.136. The monoisotopic (exact) mass is 325 g/mol. The average molecular weight is 326 g/mol. The Morgan fingerprint density at radius 1 is 1.53 bits per heavy atom. The van der Waals surface area contributed by atoms with Gasteiger partial charge in [0.05, 0.1) is 0 Å². The number of carbonyl (C=O) groups excluding carboxylic acids is 1. The molecule has 4 N–H and O–H groups in total. The van der Waals surface area contributed by atoms with E-state index in [1.54, 1.807) is 6.92 Å². The Morgan fingerprint density at radius 2 is 2.21 bits per heavy atom. The number of rotatable bonds is 4. The van der Waals surface area contributed by atoms with Crippen LogP contribution in [0.4, 0.5) is 0 Å². The third kappa shape index (κ3) is 3.55. The second kappa shape index (κ2) is 6.03. The van der Waals surface area contributed by atoms with E-state index in [-0.39, 0.29) is 5.91 Å². The van der Waals surface area contributed by atoms with Crippen LogP contribution in [0, 0.1) is 0 Å². The summed E-state index contributed by atoms with van der Waals surface area (Å²) in [6, 6.07) is 7.91. The zero-order valence-electron chi connectivity index (χ0n) is 11.1. The quantitative estimate of drug-likeness (QED) is 0.785. The van der Waals surface area contributed by atoms with E-state index in [0.29, 0.717) is 12.6 Å². The molecule has 4 nitrogen and oxygen atoms in total. The molecule has 5 heteroatoms. The van der Waals surface area contributed by atoms with Gasteiger partial charge in [0, 0.05) is 17.1 Å². The summed E-state index contributed by atoms with van der Waals surface area (Å²) >= 11 is 3.38. The summed E-state index contributed by atoms with van der Waals surface area (Å²) < 4.78 is 0.975. The summed E-state index contributed by atoms with van der Waals surface area (Å²) in [7, 11) is 0. The molecule has 0 bridgehead atoms. The highest BCUT2D eigenvalue weighted by atomic mass is 79.9. The zero-order chi connectivity index (χ0) is 13.9. The van der Waals surface area contributed by atoms with Gasteiger partial charge in [-0.25, -0.2) is 0 Å². The minimum absolute atomic E-state index is 0.136. The van der Waals surface area contributed by atoms with Crippen molar-refractivity contribution >= 4 is 21.8 Å². The molecule has 1 heterocycles. The van der Waals surface area contributed by atoms with Crippen molar-refractivity contribution in [2.24, 2.45) is 5.73 Å². The first kappa shape index (κ1) is 14.5. The lowest BCUT2D eigenvalue weighted by Gasteiger charge is -2.25. The Labute approximate surface area is 122 Å². The number of nitrogens with two attached hydrogens (primary N) is 1. The molecule has 1 amide bonds. The molecule has 0 radical (unpaired) electrons. The van der Waals surface area contributed by atoms with Crippen LogP contribution in [-0.4, -0.2) is 25.0 Å². The highest BCUT2D eigenvalue weighted by Crippen LogP contribution is 2.20. The van der Waals surface area contributed by atoms with E-state index in [1.165, 1.54) is 6.42 Å². The SMILES string of the molecule is CC(N)(C(=O)NCC1CCCN1)c1ccc(Br)cc1. The molecule has 104 valence electrons. The Bertz CT molecular complexity index is 439. The van der Waals surface area contributed by atoms with Crippen molar-refractivity contribution < 1.29 is 4.79 Å². The van der Waals surface area contributed by atoms with Crippen LogP contribution in [0.25, 0.3) is 0 Å². The minimum Gasteiger partial charge on any atom is -0.353 e. The predicted molar refractivity (Wildman–Crippen MR) is 79.7 cm³/mol. The van der Waals surface area contributed by atoms with E-state index in [4.69, 9.17) is 5.73 Å². The lowest BCUT2D eigenvalue weighted by Crippen LogP contribution is -2.51. The van der Waals surface area contributed by atoms with Crippen molar-refractivity contribution in [2.75, 3.05) is 13.1 Å². The number of amides is 1. The molecule has 0 spiro atoms. The number of benzene rings is 1. The normalized spacial score (nSPS) is 21.9. The van der Waals surface area contributed by atoms with Crippen molar-refractivity contribution in [2.45, 2.75) is 31.3 Å². The molecule has 0 aromatic heterocycles. The number of carbonyl (C=O) groups is 1. The maximum atomic E-state index is 12.2. The van der Waals surface area contributed by atoms with Crippen LogP contribution < -0.4 is 16.4 Å². The topological polar surface area (TPSA) is 67.2 Å². The molecule has 1 aromatic rings. The molecule has 1 aliphatic heterocycles. The third-order valence-electron chi connectivity index (χ3n) is 3.59. The van der Waals surface area contributed by atoms with E-state index in [0.717, 1.165) is 23.0 Å². The van der Waals surface area contributed by atoms with Crippen molar-refractivity contribution in [3.63, 3.8) is 0 Å². The first-order chi connectivity index (χ1) is 9.00. The molecular weight excluding hydrogens is 306 g/mol. The standard InChI is InChI=1S/C14H20BrN3O/c1-14(16,10-4-6-11(15)7-5-10)13(19)18-9-12-3-2-8-17-12/h4-7,12,17H,2-3,8-9,16H2,1H3,(H,18,19). The molecule has 19 heavy (non-hydrogen) atoms. The van der Waals surface area contributed by atoms with Crippen molar-refractivity contribution in [3.05, 3.63) is 34.3 Å². The minimum atomic E-state index is -1.00. The van der Waals surface area contributed by atoms with Gasteiger partial charge in [0.2, 0.25) is 5.91 Å². The van der Waals surface area contributed by atoms with E-state index >= 15 is 0 Å². The van der Waals surface area contributed by atoms with E-state index in [1.807, 2.05) is 24.3 Å². The van der Waals surface area contributed by atoms with Crippen LogP contribution in [0.3, 0.4) is 0 Å². The Balaban J connectivity index is 1.97. The molecule has 1 aliphatic rings. The number of halogens is 1. The van der Waals surface area contributed by atoms with Gasteiger partial charge in [-0.2, -0.15) is 0 Å². The average Bonchev–Trinajstić information content (AvgIpc) is 2.89. The number of hydrogen-bond donors (Lipinski definition) is 3. The second-order valence-corrected chi connectivity index (χ2v) is 6.13. The predicted octanol–water partition coefficient (Wildman–Crippen LogP) is 1.49. The van der Waals surface area contributed by atoms with Crippen LogP contribution in [0.2, 0.25) is 0 Å². The molecule has 2 unspecified atom stereocenters. The highest BCUT2D eigenvalue weighted by molar-refractivity contribution is 9.10. The fourth-order valence-corrected chi connectivity index (χ4v) is 2.52. The Morgan fingerprint density at radius 3 is 2.79 bits per heavy atom. The largest absolute Gasteiger partial charge is 0.353 e. The summed E-state index contributed by atoms with van der Waals surface area (Å²) in [5.41, 5.74) is 5.98. The maximum absolute atomic E-state index is 12.2. The van der Waals surface area contributed by atoms with Crippen LogP contribution in [0.15, 0.2) is 28.7 Å². The molecule has 1 aromatic carbocycles. The van der Waals surface area contributed by atoms with Gasteiger partial charge in [-0.05, 0) is 44.0 Å². The van der Waals surface area contributed by atoms with Crippen molar-refractivity contribution in [1.82, 2.24) is 10.6 Å². The summed E-state index contributed by atoms with van der Waals surface area (Å²) in [4.78, 5) is 12.2. The lowest BCUT2D eigenvalue weighted by atomic mass is 9.92. The summed E-state index contributed by atoms with van der Waals surface area (Å²) in [5, 5.41) is 6.29. The molecule has 2 atom stereocenters. The van der Waals surface area contributed by atoms with Crippen LogP contribution in [0.1, 0.15) is 25.3 Å². The van der Waals surface area contributed by atoms with Gasteiger partial charge in [-0.1, -0.05) is 28.1 Å². The van der Waals surface area contributed by atoms with Crippen molar-refractivity contribution in [3.8, 4) is 0 Å². The molecule has 0 aliphatic carbocycles. The van der Waals surface area contributed by atoms with E-state index in [9.17, 15) is 4.79 Å². The molecular formula is C14H20BrN3O. The first-order valence-electron chi connectivity index (χ1n) is 6.57. The van der Waals surface area contributed by atoms with Gasteiger partial charge in [0.1, 0.15) is 5.54 Å². The second-order valence-electron chi connectivity index (χ2n) is 5.21. The smallest absolute Gasteiger partial charge is 0.244 e. The summed E-state index contributed by atoms with van der Waals surface area (Å²) in [6.45, 7) is 3.42. The maximum Gasteiger partial charge on any atom is 0.244 e. The Kier molecular flexibility index (Phi) is 4.60. The molecule has 1 saturated heterocycles. The lowest BCUT2D eigenvalue weighted by molar-refractivity contribution is -0.126. The van der Waals surface area contributed by atoms with Crippen molar-refractivity contribution in [1.29, 1.82) is 0 Å². The fourth-order valence-electron chi connectivity index (χ4n) is 2.26. The molecule has 2 rings (SSSR count). The van der Waals surface area contributed by atoms with Gasteiger partial charge in [0.25, 0.3) is 0 Å². The van der Waals surface area contributed by atoms with Gasteiger partial charge in [-0.15, -0.1) is 0 Å². The first-order valence-corrected chi connectivity index (χ1v) is 7.36. The third-order valence-corrected chi connectivity index (χ3v) is 4.12. The van der Waals surface area contributed by atoms with Crippen LogP contribution in [-0.2, 0) is 10.3 Å². The van der Waals surface area contributed by atoms with E-state index in [2.05, 4.69) is 26.6 Å².